The SMILES string of the molecule is CN(C)Cc1ccccc1C(O)c1ccc(F)cc1. The second-order valence-electron chi connectivity index (χ2n) is 4.89. The Morgan fingerprint density at radius 1 is 1.05 bits per heavy atom. The van der Waals surface area contributed by atoms with Crippen LogP contribution in [0.25, 0.3) is 0 Å². The highest BCUT2D eigenvalue weighted by Gasteiger charge is 2.14. The van der Waals surface area contributed by atoms with Crippen molar-refractivity contribution in [1.82, 2.24) is 4.90 Å². The first-order chi connectivity index (χ1) is 9.08. The second kappa shape index (κ2) is 5.95. The molecular weight excluding hydrogens is 241 g/mol. The normalized spacial score (nSPS) is 12.7. The van der Waals surface area contributed by atoms with E-state index >= 15 is 0 Å². The van der Waals surface area contributed by atoms with Crippen molar-refractivity contribution in [2.45, 2.75) is 12.6 Å². The predicted molar refractivity (Wildman–Crippen MR) is 74.3 cm³/mol. The fourth-order valence-corrected chi connectivity index (χ4v) is 2.11. The van der Waals surface area contributed by atoms with E-state index in [4.69, 9.17) is 0 Å². The molecule has 3 heteroatoms. The largest absolute Gasteiger partial charge is 0.384 e. The third-order valence-corrected chi connectivity index (χ3v) is 3.02. The minimum Gasteiger partial charge on any atom is -0.384 e. The van der Waals surface area contributed by atoms with Crippen LogP contribution in [0.4, 0.5) is 4.39 Å². The van der Waals surface area contributed by atoms with E-state index in [2.05, 4.69) is 4.90 Å². The summed E-state index contributed by atoms with van der Waals surface area (Å²) >= 11 is 0. The second-order valence-corrected chi connectivity index (χ2v) is 4.89. The molecule has 0 amide bonds. The summed E-state index contributed by atoms with van der Waals surface area (Å²) in [4.78, 5) is 2.05. The number of rotatable bonds is 4. The monoisotopic (exact) mass is 259 g/mol. The quantitative estimate of drug-likeness (QED) is 0.912. The highest BCUT2D eigenvalue weighted by atomic mass is 19.1. The first-order valence-electron chi connectivity index (χ1n) is 6.24. The van der Waals surface area contributed by atoms with E-state index in [9.17, 15) is 9.50 Å². The molecular formula is C16H18FNO. The van der Waals surface area contributed by atoms with Crippen molar-refractivity contribution in [1.29, 1.82) is 0 Å². The van der Waals surface area contributed by atoms with Crippen LogP contribution in [0.3, 0.4) is 0 Å². The standard InChI is InChI=1S/C16H18FNO/c1-18(2)11-13-5-3-4-6-15(13)16(19)12-7-9-14(17)10-8-12/h3-10,16,19H,11H2,1-2H3. The fourth-order valence-electron chi connectivity index (χ4n) is 2.11. The third-order valence-electron chi connectivity index (χ3n) is 3.02. The lowest BCUT2D eigenvalue weighted by Gasteiger charge is -2.18. The maximum atomic E-state index is 12.9. The molecule has 0 aromatic heterocycles. The van der Waals surface area contributed by atoms with Gasteiger partial charge in [-0.25, -0.2) is 4.39 Å². The minimum atomic E-state index is -0.725. The van der Waals surface area contributed by atoms with Crippen molar-refractivity contribution < 1.29 is 9.50 Å². The number of benzene rings is 2. The molecule has 0 aliphatic carbocycles. The lowest BCUT2D eigenvalue weighted by molar-refractivity contribution is 0.217. The Bertz CT molecular complexity index is 537. The molecule has 2 aromatic carbocycles. The Balaban J connectivity index is 2.32. The average molecular weight is 259 g/mol. The zero-order chi connectivity index (χ0) is 13.8. The van der Waals surface area contributed by atoms with Crippen LogP contribution in [0, 0.1) is 5.82 Å². The van der Waals surface area contributed by atoms with E-state index in [-0.39, 0.29) is 5.82 Å². The first kappa shape index (κ1) is 13.7. The van der Waals surface area contributed by atoms with Crippen molar-refractivity contribution in [3.05, 3.63) is 71.0 Å². The number of nitrogens with zero attached hydrogens (tertiary/aromatic N) is 1. The van der Waals surface area contributed by atoms with Gasteiger partial charge in [0.25, 0.3) is 0 Å². The van der Waals surface area contributed by atoms with Gasteiger partial charge in [0.2, 0.25) is 0 Å². The van der Waals surface area contributed by atoms with Crippen LogP contribution in [0.2, 0.25) is 0 Å². The maximum Gasteiger partial charge on any atom is 0.123 e. The van der Waals surface area contributed by atoms with Crippen LogP contribution in [0.15, 0.2) is 48.5 Å². The molecule has 2 aromatic rings. The van der Waals surface area contributed by atoms with Gasteiger partial charge in [-0.3, -0.25) is 0 Å². The number of halogens is 1. The van der Waals surface area contributed by atoms with Crippen LogP contribution in [-0.2, 0) is 6.54 Å². The number of hydrogen-bond acceptors (Lipinski definition) is 2. The molecule has 1 atom stereocenters. The molecule has 0 saturated heterocycles. The summed E-state index contributed by atoms with van der Waals surface area (Å²) < 4.78 is 12.9. The summed E-state index contributed by atoms with van der Waals surface area (Å²) in [6.45, 7) is 0.758. The highest BCUT2D eigenvalue weighted by Crippen LogP contribution is 2.25. The Labute approximate surface area is 113 Å². The molecule has 0 aliphatic rings. The van der Waals surface area contributed by atoms with Crippen LogP contribution in [0.1, 0.15) is 22.8 Å². The van der Waals surface area contributed by atoms with Gasteiger partial charge in [-0.15, -0.1) is 0 Å². The van der Waals surface area contributed by atoms with Gasteiger partial charge in [0.05, 0.1) is 0 Å². The van der Waals surface area contributed by atoms with Crippen molar-refractivity contribution >= 4 is 0 Å². The zero-order valence-electron chi connectivity index (χ0n) is 11.2. The molecule has 19 heavy (non-hydrogen) atoms. The van der Waals surface area contributed by atoms with Gasteiger partial charge in [0.15, 0.2) is 0 Å². The number of hydrogen-bond donors (Lipinski definition) is 1. The highest BCUT2D eigenvalue weighted by molar-refractivity contribution is 5.35. The van der Waals surface area contributed by atoms with Crippen molar-refractivity contribution in [3.8, 4) is 0 Å². The molecule has 1 N–H and O–H groups in total. The summed E-state index contributed by atoms with van der Waals surface area (Å²) in [7, 11) is 3.97. The van der Waals surface area contributed by atoms with Gasteiger partial charge < -0.3 is 10.0 Å². The first-order valence-corrected chi connectivity index (χ1v) is 6.24. The Hall–Kier alpha value is -1.71. The van der Waals surface area contributed by atoms with Crippen LogP contribution in [0.5, 0.6) is 0 Å². The molecule has 1 unspecified atom stereocenters. The van der Waals surface area contributed by atoms with Gasteiger partial charge in [0, 0.05) is 6.54 Å². The molecule has 0 saturated carbocycles. The van der Waals surface area contributed by atoms with E-state index in [1.165, 1.54) is 12.1 Å². The summed E-state index contributed by atoms with van der Waals surface area (Å²) in [5.41, 5.74) is 2.64. The predicted octanol–water partition coefficient (Wildman–Crippen LogP) is 2.97. The Kier molecular flexibility index (Phi) is 4.30. The Morgan fingerprint density at radius 3 is 2.32 bits per heavy atom. The number of aliphatic hydroxyl groups excluding tert-OH is 1. The molecule has 0 aliphatic heterocycles. The maximum absolute atomic E-state index is 12.9. The molecule has 0 spiro atoms. The van der Waals surface area contributed by atoms with Crippen LogP contribution in [-0.4, -0.2) is 24.1 Å². The molecule has 0 radical (unpaired) electrons. The van der Waals surface area contributed by atoms with Gasteiger partial charge in [-0.1, -0.05) is 36.4 Å². The molecule has 0 fully saturated rings. The van der Waals surface area contributed by atoms with Crippen molar-refractivity contribution in [3.63, 3.8) is 0 Å². The average Bonchev–Trinajstić information content (AvgIpc) is 2.39. The van der Waals surface area contributed by atoms with E-state index in [1.54, 1.807) is 12.1 Å². The molecule has 2 nitrogen and oxygen atoms in total. The third kappa shape index (κ3) is 3.40. The minimum absolute atomic E-state index is 0.294. The molecule has 100 valence electrons. The van der Waals surface area contributed by atoms with E-state index < -0.39 is 6.10 Å². The van der Waals surface area contributed by atoms with E-state index in [0.717, 1.165) is 17.7 Å². The Morgan fingerprint density at radius 2 is 1.68 bits per heavy atom. The lowest BCUT2D eigenvalue weighted by Crippen LogP contribution is -2.14. The molecule has 2 rings (SSSR count). The molecule has 0 bridgehead atoms. The van der Waals surface area contributed by atoms with Crippen molar-refractivity contribution in [2.24, 2.45) is 0 Å². The smallest absolute Gasteiger partial charge is 0.123 e. The van der Waals surface area contributed by atoms with E-state index in [1.807, 2.05) is 38.4 Å². The summed E-state index contributed by atoms with van der Waals surface area (Å²) in [5, 5.41) is 10.4. The van der Waals surface area contributed by atoms with Crippen LogP contribution >= 0.6 is 0 Å². The van der Waals surface area contributed by atoms with Crippen LogP contribution < -0.4 is 0 Å². The fraction of sp³-hybridized carbons (Fsp3) is 0.250. The van der Waals surface area contributed by atoms with Gasteiger partial charge in [-0.05, 0) is 42.9 Å². The van der Waals surface area contributed by atoms with Crippen molar-refractivity contribution in [2.75, 3.05) is 14.1 Å². The zero-order valence-corrected chi connectivity index (χ0v) is 11.2. The van der Waals surface area contributed by atoms with Gasteiger partial charge >= 0.3 is 0 Å². The number of aliphatic hydroxyl groups is 1. The lowest BCUT2D eigenvalue weighted by atomic mass is 9.96. The van der Waals surface area contributed by atoms with Gasteiger partial charge in [0.1, 0.15) is 11.9 Å². The summed E-state index contributed by atoms with van der Waals surface area (Å²) in [6, 6.07) is 13.7. The summed E-state index contributed by atoms with van der Waals surface area (Å²) in [6.07, 6.45) is -0.725. The summed E-state index contributed by atoms with van der Waals surface area (Å²) in [5.74, 6) is -0.294. The van der Waals surface area contributed by atoms with E-state index in [0.29, 0.717) is 5.56 Å². The molecule has 0 heterocycles. The van der Waals surface area contributed by atoms with Gasteiger partial charge in [-0.2, -0.15) is 0 Å². The topological polar surface area (TPSA) is 23.5 Å².